The van der Waals surface area contributed by atoms with Gasteiger partial charge in [0.05, 0.1) is 46.1 Å². The number of aliphatic hydroxyl groups excluding tert-OH is 2. The number of benzene rings is 7. The molecule has 0 radical (unpaired) electrons. The summed E-state index contributed by atoms with van der Waals surface area (Å²) in [5, 5.41) is 32.5. The summed E-state index contributed by atoms with van der Waals surface area (Å²) in [5.74, 6) is 14.5. The average Bonchev–Trinajstić information content (AvgIpc) is 1.64. The number of pyridine rings is 2. The van der Waals surface area contributed by atoms with Crippen molar-refractivity contribution in [2.24, 2.45) is 46.1 Å². The summed E-state index contributed by atoms with van der Waals surface area (Å²) in [6, 6.07) is 56.6. The number of nitrogens with one attached hydrogen (secondary N) is 2. The lowest BCUT2D eigenvalue weighted by Gasteiger charge is -2.19. The van der Waals surface area contributed by atoms with Crippen LogP contribution >= 0.6 is 0 Å². The number of primary amides is 1. The summed E-state index contributed by atoms with van der Waals surface area (Å²) in [7, 11) is 2.65. The molecule has 6 atom stereocenters. The van der Waals surface area contributed by atoms with Crippen LogP contribution in [0.5, 0.6) is 5.75 Å². The van der Waals surface area contributed by atoms with Gasteiger partial charge in [-0.2, -0.15) is 5.10 Å². The maximum absolute atomic E-state index is 12.4. The number of nitro groups is 1. The maximum atomic E-state index is 12.4. The molecule has 3 saturated carbocycles. The molecule has 3 aliphatic carbocycles. The molecule has 12 rings (SSSR count). The summed E-state index contributed by atoms with van der Waals surface area (Å²) in [6.45, 7) is 46.6. The van der Waals surface area contributed by atoms with Crippen LogP contribution in [0.1, 0.15) is 241 Å². The number of hydrazine groups is 3. The highest BCUT2D eigenvalue weighted by molar-refractivity contribution is 6.00. The van der Waals surface area contributed by atoms with Gasteiger partial charge in [-0.3, -0.25) is 46.3 Å². The van der Waals surface area contributed by atoms with Crippen molar-refractivity contribution in [2.45, 2.75) is 203 Å². The molecule has 7 aromatic carbocycles. The fraction of sp³-hybridized carbons (Fsp3) is 0.406. The third kappa shape index (κ3) is 41.0. The van der Waals surface area contributed by atoms with Crippen LogP contribution in [0.2, 0.25) is 0 Å². The van der Waals surface area contributed by atoms with Crippen LogP contribution in [0.15, 0.2) is 218 Å². The first-order chi connectivity index (χ1) is 59.9. The van der Waals surface area contributed by atoms with Gasteiger partial charge in [0.1, 0.15) is 12.0 Å². The molecule has 2 aromatic heterocycles. The Kier molecular flexibility index (Phi) is 50.4. The number of carbonyl (C=O) groups is 7. The van der Waals surface area contributed by atoms with Gasteiger partial charge in [-0.1, -0.05) is 262 Å². The summed E-state index contributed by atoms with van der Waals surface area (Å²) in [6.07, 6.45) is 16.9. The number of amides is 4. The van der Waals surface area contributed by atoms with Gasteiger partial charge in [-0.05, 0) is 183 Å². The lowest BCUT2D eigenvalue weighted by atomic mass is 9.86. The molecule has 0 spiro atoms. The number of hydrogen-bond acceptors (Lipinski definition) is 21. The normalized spacial score (nSPS) is 15.3. The average molecular weight is 1770 g/mol. The number of aromatic nitrogens is 2. The summed E-state index contributed by atoms with van der Waals surface area (Å²) in [5.41, 5.74) is 23.2. The monoisotopic (exact) mass is 1760 g/mol. The van der Waals surface area contributed by atoms with E-state index in [1.807, 2.05) is 104 Å². The molecular formula is C101H141N11O16. The number of hydrazone groups is 1. The number of aliphatic hydroxyl groups is 2. The van der Waals surface area contributed by atoms with E-state index in [1.165, 1.54) is 50.6 Å². The standard InChI is InChI=1S/C24H25N3O.C16H22O2.C15H20O2.C14H20N2O.C11H14O.C10H9NO.C5H8O2.C2H5N3O3.2C2H6O.H4N2.H2O/c1-24(2,3)19-9-7-16(8-10-19)21-13-22(21)23(28)27-26-15-18-6-4-5-17-14-25-12-11-20(17)18;1-5-18-15(17)14-10-13(14)11-6-8-12(9-7-11)16(2,3)4;1-5-17-14(16)11-8-12-6-9-13(10-7-12)15(2,3)4;1-14(2,3)10-6-4-9(5-7-10)11-8-12(11)13(17)16-15;1-11(2,3)10-6-4-9(8-12)5-7-10;1-12-10-4-2-3-8-7-11-6-5-9(8)10;1-3-5(6)7-4-2;1-4(2(3)6)5(7)8;2*1-2-3;1-2;/h4-12,14-15,21-22H,13H2,1-3H3,(H,27,28);6-9,13-14H,5,10H2,1-4H3;6-11H,5H2,1-4H3;4-7,11-12H,8,15H2,1-3H3,(H,16,17);4-8H,1-3H3;2-7H,1H3;3H,1,4H2,2H3;1H3,(H2,3,6);2*3H,2H2,1H3;1-2H2;1H2/b26-15+;;11-8+;;;;;;;;;. The van der Waals surface area contributed by atoms with E-state index >= 15 is 0 Å². The third-order valence-corrected chi connectivity index (χ3v) is 19.7. The minimum atomic E-state index is -1.07. The van der Waals surface area contributed by atoms with E-state index in [1.54, 1.807) is 59.5 Å². The molecule has 4 amide bonds. The first-order valence-corrected chi connectivity index (χ1v) is 42.4. The number of carbonyl (C=O) groups excluding carboxylic acids is 7. The van der Waals surface area contributed by atoms with Crippen LogP contribution in [0.25, 0.3) is 27.6 Å². The highest BCUT2D eigenvalue weighted by Gasteiger charge is 2.46. The molecule has 3 aliphatic rings. The molecule has 0 aliphatic heterocycles. The Morgan fingerprint density at radius 1 is 0.531 bits per heavy atom. The lowest BCUT2D eigenvalue weighted by Crippen LogP contribution is -2.36. The van der Waals surface area contributed by atoms with E-state index in [-0.39, 0.29) is 98.2 Å². The van der Waals surface area contributed by atoms with Gasteiger partial charge >= 0.3 is 23.9 Å². The van der Waals surface area contributed by atoms with Crippen LogP contribution < -0.4 is 38.9 Å². The largest absolute Gasteiger partial charge is 0.496 e. The Hall–Kier alpha value is -12.2. The summed E-state index contributed by atoms with van der Waals surface area (Å²) < 4.78 is 19.5. The number of methoxy groups -OCH3 is 1. The first-order valence-electron chi connectivity index (χ1n) is 42.4. The molecular weight excluding hydrogens is 1620 g/mol. The fourth-order valence-electron chi connectivity index (χ4n) is 12.1. The van der Waals surface area contributed by atoms with E-state index in [0.29, 0.717) is 37.6 Å². The number of nitrogens with two attached hydrogens (primary N) is 4. The van der Waals surface area contributed by atoms with E-state index in [4.69, 9.17) is 30.3 Å². The maximum Gasteiger partial charge on any atom is 0.372 e. The molecule has 2 heterocycles. The molecule has 3 fully saturated rings. The highest BCUT2D eigenvalue weighted by atomic mass is 16.7. The number of ether oxygens (including phenoxy) is 4. The first kappa shape index (κ1) is 114. The van der Waals surface area contributed by atoms with E-state index in [2.05, 4.69) is 243 Å². The predicted molar refractivity (Wildman–Crippen MR) is 513 cm³/mol. The molecule has 0 saturated heterocycles. The fourth-order valence-corrected chi connectivity index (χ4v) is 12.1. The SMILES string of the molecule is C=CC(=O)OCC.CC(C)(C)c1ccc(C2CC2C(=O)N/N=C/c2cccc3cnccc23)cc1.CC(C)(C)c1ccc(C2CC2C(=O)NN)cc1.CC(C)(C)c1ccc(C=O)cc1.CCO.CCO.CCOC(=O)/C=C/c1ccc(C(C)(C)C)cc1.CCOC(=O)C1CC1c1ccc(C(C)(C)C)cc1.CN(C(N)=O)[N+](=O)[O-].COc1cccc2cnccc12.NN.O. The van der Waals surface area contributed by atoms with Crippen LogP contribution in [0.4, 0.5) is 4.79 Å². The van der Waals surface area contributed by atoms with Crippen molar-refractivity contribution in [3.63, 3.8) is 0 Å². The van der Waals surface area contributed by atoms with E-state index in [0.717, 1.165) is 82.7 Å². The quantitative estimate of drug-likeness (QED) is 0.00483. The Morgan fingerprint density at radius 3 is 1.23 bits per heavy atom. The highest BCUT2D eigenvalue weighted by Crippen LogP contribution is 2.50. The number of nitrogens with zero attached hydrogens (tertiary/aromatic N) is 5. The Labute approximate surface area is 757 Å². The van der Waals surface area contributed by atoms with Gasteiger partial charge in [0.25, 0.3) is 0 Å². The second-order valence-corrected chi connectivity index (χ2v) is 34.6. The zero-order valence-corrected chi connectivity index (χ0v) is 78.9. The van der Waals surface area contributed by atoms with Crippen LogP contribution in [-0.4, -0.2) is 131 Å². The number of rotatable bonds is 17. The van der Waals surface area contributed by atoms with Gasteiger partial charge < -0.3 is 40.4 Å². The molecule has 696 valence electrons. The topological polar surface area (TPSA) is 441 Å². The van der Waals surface area contributed by atoms with Crippen LogP contribution in [0.3, 0.4) is 0 Å². The zero-order valence-electron chi connectivity index (χ0n) is 78.9. The van der Waals surface area contributed by atoms with E-state index in [9.17, 15) is 43.7 Å². The molecule has 0 bridgehead atoms. The van der Waals surface area contributed by atoms with Gasteiger partial charge in [0.2, 0.25) is 11.8 Å². The minimum absolute atomic E-state index is 0. The van der Waals surface area contributed by atoms with Crippen molar-refractivity contribution >= 4 is 75.9 Å². The molecule has 27 nitrogen and oxygen atoms in total. The number of esters is 3. The molecule has 9 aromatic rings. The van der Waals surface area contributed by atoms with Gasteiger partial charge in [-0.25, -0.2) is 35.8 Å². The number of hydrogen-bond donors (Lipinski definition) is 8. The Bertz CT molecular complexity index is 4890. The van der Waals surface area contributed by atoms with E-state index < -0.39 is 11.1 Å². The lowest BCUT2D eigenvalue weighted by molar-refractivity contribution is -0.625. The van der Waals surface area contributed by atoms with Crippen LogP contribution in [-0.2, 0) is 65.3 Å². The minimum Gasteiger partial charge on any atom is -0.496 e. The zero-order chi connectivity index (χ0) is 96.0. The Balaban J connectivity index is 0.000000743. The third-order valence-electron chi connectivity index (χ3n) is 19.7. The van der Waals surface area contributed by atoms with Crippen molar-refractivity contribution in [2.75, 3.05) is 47.2 Å². The smallest absolute Gasteiger partial charge is 0.372 e. The van der Waals surface area contributed by atoms with Crippen molar-refractivity contribution in [3.8, 4) is 5.75 Å². The van der Waals surface area contributed by atoms with Crippen LogP contribution in [0, 0.1) is 27.9 Å². The van der Waals surface area contributed by atoms with Gasteiger partial charge in [0, 0.05) is 89.3 Å². The number of urea groups is 1. The summed E-state index contributed by atoms with van der Waals surface area (Å²) >= 11 is 0. The molecule has 128 heavy (non-hydrogen) atoms. The molecule has 6 unspecified atom stereocenters. The Morgan fingerprint density at radius 2 is 0.883 bits per heavy atom. The van der Waals surface area contributed by atoms with Crippen molar-refractivity contribution in [3.05, 3.63) is 285 Å². The molecule has 14 N–H and O–H groups in total. The van der Waals surface area contributed by atoms with Crippen molar-refractivity contribution in [1.82, 2.24) is 25.8 Å². The van der Waals surface area contributed by atoms with Crippen molar-refractivity contribution in [1.29, 1.82) is 0 Å². The number of aldehydes is 1. The van der Waals surface area contributed by atoms with Gasteiger partial charge in [-0.15, -0.1) is 0 Å². The van der Waals surface area contributed by atoms with Gasteiger partial charge in [0.15, 0.2) is 5.03 Å². The summed E-state index contributed by atoms with van der Waals surface area (Å²) in [4.78, 5) is 94.5. The molecule has 27 heteroatoms. The second-order valence-electron chi connectivity index (χ2n) is 34.6. The second kappa shape index (κ2) is 56.8. The predicted octanol–water partition coefficient (Wildman–Crippen LogP) is 17.0. The number of fused-ring (bicyclic) bond motifs is 2. The van der Waals surface area contributed by atoms with Crippen molar-refractivity contribution < 1.29 is 73.2 Å².